The van der Waals surface area contributed by atoms with Crippen molar-refractivity contribution >= 4 is 23.0 Å². The largest absolute Gasteiger partial charge is 0.454 e. The summed E-state index contributed by atoms with van der Waals surface area (Å²) in [6, 6.07) is 7.91. The summed E-state index contributed by atoms with van der Waals surface area (Å²) in [5.74, 6) is -0.811. The molecule has 0 bridgehead atoms. The molecule has 0 aliphatic carbocycles. The van der Waals surface area contributed by atoms with E-state index in [1.54, 1.807) is 0 Å². The van der Waals surface area contributed by atoms with Crippen molar-refractivity contribution in [2.75, 3.05) is 5.73 Å². The normalized spacial score (nSPS) is 10.2. The van der Waals surface area contributed by atoms with Crippen molar-refractivity contribution in [1.82, 2.24) is 0 Å². The first kappa shape index (κ1) is 13.1. The lowest BCUT2D eigenvalue weighted by molar-refractivity contribution is -0.384. The van der Waals surface area contributed by atoms with E-state index < -0.39 is 10.7 Å². The predicted octanol–water partition coefficient (Wildman–Crippen LogP) is 3.76. The number of rotatable bonds is 3. The van der Waals surface area contributed by atoms with E-state index in [0.29, 0.717) is 0 Å². The molecule has 0 atom stereocenters. The topological polar surface area (TPSA) is 78.4 Å². The van der Waals surface area contributed by atoms with E-state index in [1.807, 2.05) is 0 Å². The van der Waals surface area contributed by atoms with Crippen LogP contribution in [0.15, 0.2) is 36.4 Å². The summed E-state index contributed by atoms with van der Waals surface area (Å²) in [5, 5.41) is 10.6. The van der Waals surface area contributed by atoms with Crippen LogP contribution >= 0.6 is 11.6 Å². The molecule has 0 amide bonds. The van der Waals surface area contributed by atoms with Crippen LogP contribution in [0.4, 0.5) is 15.8 Å². The summed E-state index contributed by atoms with van der Waals surface area (Å²) < 4.78 is 18.8. The molecule has 0 saturated heterocycles. The molecule has 0 aromatic heterocycles. The van der Waals surface area contributed by atoms with Gasteiger partial charge in [0.15, 0.2) is 11.6 Å². The monoisotopic (exact) mass is 282 g/mol. The first-order chi connectivity index (χ1) is 8.97. The van der Waals surface area contributed by atoms with Gasteiger partial charge in [-0.1, -0.05) is 17.7 Å². The summed E-state index contributed by atoms with van der Waals surface area (Å²) in [5.41, 5.74) is 5.42. The Kier molecular flexibility index (Phi) is 3.52. The van der Waals surface area contributed by atoms with Crippen LogP contribution in [0.2, 0.25) is 5.02 Å². The fourth-order valence-corrected chi connectivity index (χ4v) is 1.63. The molecular formula is C12H8ClFN2O3. The van der Waals surface area contributed by atoms with Gasteiger partial charge in [0.2, 0.25) is 0 Å². The fourth-order valence-electron chi connectivity index (χ4n) is 1.46. The van der Waals surface area contributed by atoms with E-state index in [4.69, 9.17) is 22.1 Å². The van der Waals surface area contributed by atoms with Gasteiger partial charge in [-0.25, -0.2) is 4.39 Å². The second-order valence-corrected chi connectivity index (χ2v) is 4.08. The highest BCUT2D eigenvalue weighted by molar-refractivity contribution is 6.30. The van der Waals surface area contributed by atoms with Gasteiger partial charge in [-0.3, -0.25) is 10.1 Å². The SMILES string of the molecule is Nc1cc(Oc2cccc(Cl)c2F)cc([N+](=O)[O-])c1. The van der Waals surface area contributed by atoms with Crippen molar-refractivity contribution in [3.8, 4) is 11.5 Å². The zero-order valence-corrected chi connectivity index (χ0v) is 10.2. The Bertz CT molecular complexity index is 649. The van der Waals surface area contributed by atoms with Crippen molar-refractivity contribution in [3.05, 3.63) is 57.4 Å². The molecule has 0 saturated carbocycles. The molecule has 0 aliphatic rings. The van der Waals surface area contributed by atoms with Crippen molar-refractivity contribution in [2.45, 2.75) is 0 Å². The zero-order chi connectivity index (χ0) is 14.0. The van der Waals surface area contributed by atoms with Gasteiger partial charge >= 0.3 is 0 Å². The molecular weight excluding hydrogens is 275 g/mol. The Hall–Kier alpha value is -2.34. The minimum absolute atomic E-state index is 0.0628. The number of nitro groups is 1. The molecule has 0 fully saturated rings. The molecule has 98 valence electrons. The van der Waals surface area contributed by atoms with Gasteiger partial charge in [-0.15, -0.1) is 0 Å². The molecule has 7 heteroatoms. The number of non-ortho nitro benzene ring substituents is 1. The molecule has 2 aromatic rings. The summed E-state index contributed by atoms with van der Waals surface area (Å²) in [6.45, 7) is 0. The smallest absolute Gasteiger partial charge is 0.275 e. The van der Waals surface area contributed by atoms with Gasteiger partial charge < -0.3 is 10.5 Å². The highest BCUT2D eigenvalue weighted by Crippen LogP contribution is 2.31. The Labute approximate surface area is 112 Å². The van der Waals surface area contributed by atoms with Crippen LogP contribution in [0.1, 0.15) is 0 Å². The molecule has 2 aromatic carbocycles. The Morgan fingerprint density at radius 3 is 2.74 bits per heavy atom. The third-order valence-electron chi connectivity index (χ3n) is 2.27. The Morgan fingerprint density at radius 2 is 2.05 bits per heavy atom. The van der Waals surface area contributed by atoms with E-state index in [2.05, 4.69) is 0 Å². The number of hydrogen-bond acceptors (Lipinski definition) is 4. The van der Waals surface area contributed by atoms with E-state index >= 15 is 0 Å². The number of nitrogen functional groups attached to an aromatic ring is 1. The van der Waals surface area contributed by atoms with Gasteiger partial charge in [-0.2, -0.15) is 0 Å². The zero-order valence-electron chi connectivity index (χ0n) is 9.47. The lowest BCUT2D eigenvalue weighted by Crippen LogP contribution is -1.94. The lowest BCUT2D eigenvalue weighted by atomic mass is 10.2. The van der Waals surface area contributed by atoms with Gasteiger partial charge in [-0.05, 0) is 12.1 Å². The number of hydrogen-bond donors (Lipinski definition) is 1. The number of nitro benzene ring substituents is 1. The van der Waals surface area contributed by atoms with Crippen LogP contribution in [0.5, 0.6) is 11.5 Å². The highest BCUT2D eigenvalue weighted by atomic mass is 35.5. The molecule has 19 heavy (non-hydrogen) atoms. The second-order valence-electron chi connectivity index (χ2n) is 3.67. The van der Waals surface area contributed by atoms with Crippen molar-refractivity contribution in [3.63, 3.8) is 0 Å². The minimum Gasteiger partial charge on any atom is -0.454 e. The summed E-state index contributed by atoms with van der Waals surface area (Å²) in [6.07, 6.45) is 0. The average molecular weight is 283 g/mol. The third-order valence-corrected chi connectivity index (χ3v) is 2.56. The van der Waals surface area contributed by atoms with Crippen LogP contribution in [-0.4, -0.2) is 4.92 Å². The van der Waals surface area contributed by atoms with Crippen molar-refractivity contribution < 1.29 is 14.1 Å². The first-order valence-corrected chi connectivity index (χ1v) is 5.52. The Morgan fingerprint density at radius 1 is 1.32 bits per heavy atom. The van der Waals surface area contributed by atoms with Gasteiger partial charge in [0, 0.05) is 17.8 Å². The maximum Gasteiger partial charge on any atom is 0.275 e. The van der Waals surface area contributed by atoms with E-state index in [9.17, 15) is 14.5 Å². The quantitative estimate of drug-likeness (QED) is 0.528. The predicted molar refractivity (Wildman–Crippen MR) is 69.0 cm³/mol. The average Bonchev–Trinajstić information content (AvgIpc) is 2.34. The second kappa shape index (κ2) is 5.11. The molecule has 0 spiro atoms. The molecule has 0 unspecified atom stereocenters. The fraction of sp³-hybridized carbons (Fsp3) is 0. The third kappa shape index (κ3) is 2.92. The highest BCUT2D eigenvalue weighted by Gasteiger charge is 2.12. The number of anilines is 1. The van der Waals surface area contributed by atoms with Crippen molar-refractivity contribution in [2.24, 2.45) is 0 Å². The maximum atomic E-state index is 13.6. The van der Waals surface area contributed by atoms with Gasteiger partial charge in [0.05, 0.1) is 16.0 Å². The molecule has 0 radical (unpaired) electrons. The number of ether oxygens (including phenoxy) is 1. The number of nitrogens with two attached hydrogens (primary N) is 1. The van der Waals surface area contributed by atoms with Gasteiger partial charge in [0.1, 0.15) is 5.75 Å². The molecule has 0 heterocycles. The number of halogens is 2. The summed E-state index contributed by atoms with van der Waals surface area (Å²) >= 11 is 5.61. The first-order valence-electron chi connectivity index (χ1n) is 5.14. The summed E-state index contributed by atoms with van der Waals surface area (Å²) in [4.78, 5) is 10.1. The van der Waals surface area contributed by atoms with E-state index in [-0.39, 0.29) is 27.9 Å². The summed E-state index contributed by atoms with van der Waals surface area (Å²) in [7, 11) is 0. The van der Waals surface area contributed by atoms with Gasteiger partial charge in [0.25, 0.3) is 5.69 Å². The number of benzene rings is 2. The van der Waals surface area contributed by atoms with E-state index in [0.717, 1.165) is 6.07 Å². The van der Waals surface area contributed by atoms with E-state index in [1.165, 1.54) is 30.3 Å². The van der Waals surface area contributed by atoms with Crippen molar-refractivity contribution in [1.29, 1.82) is 0 Å². The Balaban J connectivity index is 2.38. The van der Waals surface area contributed by atoms with Crippen LogP contribution in [0.3, 0.4) is 0 Å². The number of nitrogens with zero attached hydrogens (tertiary/aromatic N) is 1. The molecule has 2 N–H and O–H groups in total. The maximum absolute atomic E-state index is 13.6. The molecule has 5 nitrogen and oxygen atoms in total. The molecule has 2 rings (SSSR count). The minimum atomic E-state index is -0.741. The lowest BCUT2D eigenvalue weighted by Gasteiger charge is -2.08. The van der Waals surface area contributed by atoms with Crippen LogP contribution in [0.25, 0.3) is 0 Å². The molecule has 0 aliphatic heterocycles. The standard InChI is InChI=1S/C12H8ClFN2O3/c13-10-2-1-3-11(12(10)14)19-9-5-7(15)4-8(6-9)16(17)18/h1-6H,15H2. The van der Waals surface area contributed by atoms with Crippen LogP contribution < -0.4 is 10.5 Å². The van der Waals surface area contributed by atoms with Crippen LogP contribution in [0, 0.1) is 15.9 Å². The van der Waals surface area contributed by atoms with Crippen LogP contribution in [-0.2, 0) is 0 Å².